The zero-order valence-corrected chi connectivity index (χ0v) is 12.0. The fourth-order valence-corrected chi connectivity index (χ4v) is 3.44. The Kier molecular flexibility index (Phi) is 3.02. The molecule has 0 aliphatic carbocycles. The van der Waals surface area contributed by atoms with E-state index in [0.29, 0.717) is 11.3 Å². The number of fused-ring (bicyclic) bond motifs is 1. The molecule has 0 aromatic carbocycles. The van der Waals surface area contributed by atoms with E-state index in [1.165, 1.54) is 23.8 Å². The summed E-state index contributed by atoms with van der Waals surface area (Å²) in [4.78, 5) is 7.95. The highest BCUT2D eigenvalue weighted by Gasteiger charge is 2.28. The number of anilines is 2. The number of aromatic nitrogens is 3. The van der Waals surface area contributed by atoms with Crippen molar-refractivity contribution >= 4 is 27.2 Å². The fourth-order valence-electron chi connectivity index (χ4n) is 2.07. The van der Waals surface area contributed by atoms with Gasteiger partial charge in [0.15, 0.2) is 5.82 Å². The lowest BCUT2D eigenvalue weighted by Crippen LogP contribution is -2.28. The third-order valence-corrected chi connectivity index (χ3v) is 4.97. The Hall–Kier alpha value is -2.61. The van der Waals surface area contributed by atoms with Crippen LogP contribution in [-0.4, -0.2) is 29.8 Å². The molecule has 0 bridgehead atoms. The summed E-state index contributed by atoms with van der Waals surface area (Å²) >= 11 is 0. The molecule has 3 aromatic heterocycles. The van der Waals surface area contributed by atoms with E-state index < -0.39 is 10.0 Å². The van der Waals surface area contributed by atoms with Crippen molar-refractivity contribution in [2.45, 2.75) is 5.03 Å². The summed E-state index contributed by atoms with van der Waals surface area (Å²) in [7, 11) is -2.36. The molecule has 0 aliphatic heterocycles. The minimum atomic E-state index is -3.82. The van der Waals surface area contributed by atoms with Gasteiger partial charge < -0.3 is 5.73 Å². The number of nitrogen functional groups attached to an aromatic ring is 1. The van der Waals surface area contributed by atoms with Crippen LogP contribution in [-0.2, 0) is 10.0 Å². The van der Waals surface area contributed by atoms with Gasteiger partial charge in [-0.15, -0.1) is 0 Å². The molecule has 0 unspecified atom stereocenters. The Morgan fingerprint density at radius 3 is 2.62 bits per heavy atom. The Labute approximate surface area is 121 Å². The van der Waals surface area contributed by atoms with Crippen LogP contribution < -0.4 is 10.0 Å². The number of hydrogen-bond acceptors (Lipinski definition) is 5. The lowest BCUT2D eigenvalue weighted by Gasteiger charge is -2.19. The van der Waals surface area contributed by atoms with Gasteiger partial charge >= 0.3 is 0 Å². The monoisotopic (exact) mass is 303 g/mol. The van der Waals surface area contributed by atoms with Crippen molar-refractivity contribution in [1.29, 1.82) is 0 Å². The van der Waals surface area contributed by atoms with Gasteiger partial charge in [-0.3, -0.25) is 13.7 Å². The highest BCUT2D eigenvalue weighted by atomic mass is 32.2. The Morgan fingerprint density at radius 2 is 1.90 bits per heavy atom. The molecule has 0 radical (unpaired) electrons. The average Bonchev–Trinajstić information content (AvgIpc) is 2.83. The summed E-state index contributed by atoms with van der Waals surface area (Å²) in [6.07, 6.45) is 4.67. The van der Waals surface area contributed by atoms with Gasteiger partial charge in [0, 0.05) is 25.6 Å². The molecule has 0 saturated carbocycles. The standard InChI is InChI=1S/C13H13N5O2S/c1-17(10-5-7-15-8-6-10)21(19,20)13-12(14)16-11-4-2-3-9-18(11)13/h2-9H,14H2,1H3. The van der Waals surface area contributed by atoms with Gasteiger partial charge in [0.25, 0.3) is 10.0 Å². The van der Waals surface area contributed by atoms with E-state index in [9.17, 15) is 8.42 Å². The van der Waals surface area contributed by atoms with Crippen molar-refractivity contribution in [2.24, 2.45) is 0 Å². The van der Waals surface area contributed by atoms with E-state index in [1.807, 2.05) is 0 Å². The second-order valence-electron chi connectivity index (χ2n) is 4.41. The van der Waals surface area contributed by atoms with E-state index in [-0.39, 0.29) is 10.8 Å². The van der Waals surface area contributed by atoms with Crippen LogP contribution in [0.15, 0.2) is 53.9 Å². The highest BCUT2D eigenvalue weighted by molar-refractivity contribution is 7.92. The van der Waals surface area contributed by atoms with Gasteiger partial charge in [0.1, 0.15) is 5.65 Å². The van der Waals surface area contributed by atoms with Crippen molar-refractivity contribution in [3.8, 4) is 0 Å². The summed E-state index contributed by atoms with van der Waals surface area (Å²) in [6, 6.07) is 8.40. The van der Waals surface area contributed by atoms with Crippen LogP contribution >= 0.6 is 0 Å². The van der Waals surface area contributed by atoms with Crippen LogP contribution in [0.2, 0.25) is 0 Å². The molecule has 3 heterocycles. The number of hydrogen-bond donors (Lipinski definition) is 1. The first kappa shape index (κ1) is 13.4. The lowest BCUT2D eigenvalue weighted by atomic mass is 10.4. The molecule has 0 saturated heterocycles. The summed E-state index contributed by atoms with van der Waals surface area (Å²) in [5.74, 6) is -0.0258. The number of rotatable bonds is 3. The second kappa shape index (κ2) is 4.74. The van der Waals surface area contributed by atoms with Gasteiger partial charge in [0.2, 0.25) is 5.03 Å². The maximum atomic E-state index is 12.8. The van der Waals surface area contributed by atoms with Crippen LogP contribution in [0.25, 0.3) is 5.65 Å². The smallest absolute Gasteiger partial charge is 0.283 e. The third kappa shape index (κ3) is 2.09. The number of sulfonamides is 1. The first-order valence-electron chi connectivity index (χ1n) is 6.13. The number of pyridine rings is 2. The Bertz CT molecular complexity index is 889. The first-order valence-corrected chi connectivity index (χ1v) is 7.57. The van der Waals surface area contributed by atoms with Crippen LogP contribution in [0.4, 0.5) is 11.5 Å². The molecule has 7 nitrogen and oxygen atoms in total. The summed E-state index contributed by atoms with van der Waals surface area (Å²) in [5.41, 5.74) is 6.78. The van der Waals surface area contributed by atoms with Crippen molar-refractivity contribution in [2.75, 3.05) is 17.1 Å². The molecule has 21 heavy (non-hydrogen) atoms. The number of nitrogens with two attached hydrogens (primary N) is 1. The van der Waals surface area contributed by atoms with Crippen molar-refractivity contribution in [1.82, 2.24) is 14.4 Å². The zero-order valence-electron chi connectivity index (χ0n) is 11.2. The second-order valence-corrected chi connectivity index (χ2v) is 6.29. The molecule has 3 rings (SSSR count). The molecular formula is C13H13N5O2S. The molecular weight excluding hydrogens is 290 g/mol. The molecule has 0 aliphatic rings. The topological polar surface area (TPSA) is 93.6 Å². The lowest BCUT2D eigenvalue weighted by molar-refractivity contribution is 0.590. The maximum Gasteiger partial charge on any atom is 0.283 e. The van der Waals surface area contributed by atoms with Crippen molar-refractivity contribution in [3.05, 3.63) is 48.9 Å². The van der Waals surface area contributed by atoms with E-state index in [4.69, 9.17) is 5.73 Å². The van der Waals surface area contributed by atoms with E-state index in [2.05, 4.69) is 9.97 Å². The van der Waals surface area contributed by atoms with E-state index in [0.717, 1.165) is 4.31 Å². The van der Waals surface area contributed by atoms with Crippen LogP contribution in [0, 0.1) is 0 Å². The quantitative estimate of drug-likeness (QED) is 0.783. The highest BCUT2D eigenvalue weighted by Crippen LogP contribution is 2.26. The van der Waals surface area contributed by atoms with Gasteiger partial charge in [-0.1, -0.05) is 6.07 Å². The minimum Gasteiger partial charge on any atom is -0.381 e. The third-order valence-electron chi connectivity index (χ3n) is 3.14. The molecule has 3 aromatic rings. The first-order chi connectivity index (χ1) is 10.0. The molecule has 0 fully saturated rings. The summed E-state index contributed by atoms with van der Waals surface area (Å²) in [6.45, 7) is 0. The molecule has 0 spiro atoms. The van der Waals surface area contributed by atoms with Crippen LogP contribution in [0.3, 0.4) is 0 Å². The van der Waals surface area contributed by atoms with Crippen molar-refractivity contribution < 1.29 is 8.42 Å². The molecule has 8 heteroatoms. The molecule has 2 N–H and O–H groups in total. The molecule has 0 amide bonds. The zero-order chi connectivity index (χ0) is 15.0. The van der Waals surface area contributed by atoms with Gasteiger partial charge in [-0.25, -0.2) is 4.98 Å². The predicted octanol–water partition coefficient (Wildman–Crippen LogP) is 1.14. The van der Waals surface area contributed by atoms with E-state index in [1.54, 1.807) is 36.5 Å². The molecule has 108 valence electrons. The summed E-state index contributed by atoms with van der Waals surface area (Å²) in [5, 5.41) is -0.0441. The predicted molar refractivity (Wildman–Crippen MR) is 79.4 cm³/mol. The van der Waals surface area contributed by atoms with Crippen LogP contribution in [0.5, 0.6) is 0 Å². The average molecular weight is 303 g/mol. The SMILES string of the molecule is CN(c1ccncc1)S(=O)(=O)c1c(N)nc2ccccn12. The summed E-state index contributed by atoms with van der Waals surface area (Å²) < 4.78 is 28.2. The Balaban J connectivity index is 2.19. The van der Waals surface area contributed by atoms with Crippen LogP contribution in [0.1, 0.15) is 0 Å². The van der Waals surface area contributed by atoms with Gasteiger partial charge in [-0.05, 0) is 24.3 Å². The minimum absolute atomic E-state index is 0.0258. The van der Waals surface area contributed by atoms with Gasteiger partial charge in [0.05, 0.1) is 5.69 Å². The van der Waals surface area contributed by atoms with Gasteiger partial charge in [-0.2, -0.15) is 8.42 Å². The normalized spacial score (nSPS) is 11.7. The molecule has 0 atom stereocenters. The fraction of sp³-hybridized carbons (Fsp3) is 0.0769. The maximum absolute atomic E-state index is 12.8. The number of imidazole rings is 1. The number of nitrogens with zero attached hydrogens (tertiary/aromatic N) is 4. The largest absolute Gasteiger partial charge is 0.381 e. The Morgan fingerprint density at radius 1 is 1.19 bits per heavy atom. The van der Waals surface area contributed by atoms with E-state index >= 15 is 0 Å². The van der Waals surface area contributed by atoms with Crippen molar-refractivity contribution in [3.63, 3.8) is 0 Å².